The second kappa shape index (κ2) is 9.27. The number of imide groups is 1. The molecular formula is C18H30N3O4+. The summed E-state index contributed by atoms with van der Waals surface area (Å²) in [5.41, 5.74) is 2.11. The predicted octanol–water partition coefficient (Wildman–Crippen LogP) is 0.650. The van der Waals surface area contributed by atoms with Gasteiger partial charge in [-0.3, -0.25) is 10.1 Å². The minimum atomic E-state index is -0.470. The molecule has 1 aromatic carbocycles. The smallest absolute Gasteiger partial charge is 0.321 e. The van der Waals surface area contributed by atoms with Gasteiger partial charge in [0.05, 0.1) is 21.3 Å². The van der Waals surface area contributed by atoms with Crippen LogP contribution in [0, 0.1) is 6.92 Å². The summed E-state index contributed by atoms with van der Waals surface area (Å²) < 4.78 is 10.6. The Labute approximate surface area is 149 Å². The molecule has 0 fully saturated rings. The summed E-state index contributed by atoms with van der Waals surface area (Å²) >= 11 is 0. The lowest BCUT2D eigenvalue weighted by Gasteiger charge is -2.22. The van der Waals surface area contributed by atoms with Crippen LogP contribution in [0.3, 0.4) is 0 Å². The van der Waals surface area contributed by atoms with Gasteiger partial charge in [0.1, 0.15) is 6.54 Å². The molecule has 0 heterocycles. The van der Waals surface area contributed by atoms with E-state index < -0.39 is 6.03 Å². The van der Waals surface area contributed by atoms with Crippen molar-refractivity contribution in [3.63, 3.8) is 0 Å². The van der Waals surface area contributed by atoms with Crippen molar-refractivity contribution in [1.29, 1.82) is 0 Å². The van der Waals surface area contributed by atoms with Gasteiger partial charge in [-0.2, -0.15) is 0 Å². The summed E-state index contributed by atoms with van der Waals surface area (Å²) in [6, 6.07) is 2.96. The number of urea groups is 1. The van der Waals surface area contributed by atoms with E-state index >= 15 is 0 Å². The largest absolute Gasteiger partial charge is 0.493 e. The van der Waals surface area contributed by atoms with Crippen LogP contribution >= 0.6 is 0 Å². The summed E-state index contributed by atoms with van der Waals surface area (Å²) in [5.74, 6) is 1.02. The van der Waals surface area contributed by atoms with E-state index in [9.17, 15) is 9.59 Å². The van der Waals surface area contributed by atoms with Crippen LogP contribution in [-0.4, -0.2) is 45.3 Å². The van der Waals surface area contributed by atoms with Gasteiger partial charge in [0.15, 0.2) is 17.5 Å². The number of ether oxygens (including phenoxy) is 2. The first-order valence-electron chi connectivity index (χ1n) is 8.34. The molecule has 0 aliphatic rings. The molecule has 0 radical (unpaired) electrons. The van der Waals surface area contributed by atoms with E-state index in [2.05, 4.69) is 10.6 Å². The summed E-state index contributed by atoms with van der Waals surface area (Å²) in [5, 5.41) is 5.02. The zero-order valence-electron chi connectivity index (χ0n) is 16.1. The van der Waals surface area contributed by atoms with E-state index in [1.165, 1.54) is 0 Å². The van der Waals surface area contributed by atoms with Crippen molar-refractivity contribution in [3.8, 4) is 11.5 Å². The first kappa shape index (κ1) is 20.8. The number of rotatable bonds is 7. The third-order valence-electron chi connectivity index (χ3n) is 4.10. The molecule has 7 nitrogen and oxygen atoms in total. The second-order valence-corrected chi connectivity index (χ2v) is 6.50. The van der Waals surface area contributed by atoms with Crippen LogP contribution in [0.15, 0.2) is 12.1 Å². The van der Waals surface area contributed by atoms with Crippen LogP contribution < -0.4 is 25.0 Å². The summed E-state index contributed by atoms with van der Waals surface area (Å²) in [7, 11) is 5.11. The van der Waals surface area contributed by atoms with Gasteiger partial charge in [-0.05, 0) is 45.4 Å². The number of methoxy groups -OCH3 is 2. The lowest BCUT2D eigenvalue weighted by Crippen LogP contribution is -3.12. The average Bonchev–Trinajstić information content (AvgIpc) is 2.54. The standard InChI is InChI=1S/C18H29N3O4/c1-11(2)19-18(23)20-17(22)13(4)21(5)10-14-9-16(25-7)15(24-6)8-12(14)3/h8-9,11,13H,10H2,1-7H3,(H2,19,20,22,23)/p+1/t13-/m1/s1. The molecule has 0 aromatic heterocycles. The van der Waals surface area contributed by atoms with Gasteiger partial charge in [-0.1, -0.05) is 0 Å². The van der Waals surface area contributed by atoms with Gasteiger partial charge < -0.3 is 19.7 Å². The molecule has 1 aromatic rings. The van der Waals surface area contributed by atoms with E-state index in [0.717, 1.165) is 16.0 Å². The van der Waals surface area contributed by atoms with E-state index in [0.29, 0.717) is 18.0 Å². The minimum absolute atomic E-state index is 0.0254. The molecule has 0 spiro atoms. The molecule has 1 rings (SSSR count). The predicted molar refractivity (Wildman–Crippen MR) is 96.1 cm³/mol. The fourth-order valence-electron chi connectivity index (χ4n) is 2.41. The van der Waals surface area contributed by atoms with E-state index in [1.54, 1.807) is 21.1 Å². The fraction of sp³-hybridized carbons (Fsp3) is 0.556. The highest BCUT2D eigenvalue weighted by Crippen LogP contribution is 2.29. The molecule has 3 N–H and O–H groups in total. The monoisotopic (exact) mass is 352 g/mol. The van der Waals surface area contributed by atoms with Gasteiger partial charge in [0, 0.05) is 11.6 Å². The zero-order chi connectivity index (χ0) is 19.1. The van der Waals surface area contributed by atoms with E-state index in [-0.39, 0.29) is 18.0 Å². The maximum Gasteiger partial charge on any atom is 0.321 e. The van der Waals surface area contributed by atoms with Crippen molar-refractivity contribution in [1.82, 2.24) is 10.6 Å². The molecule has 0 saturated carbocycles. The summed E-state index contributed by atoms with van der Waals surface area (Å²) in [6.45, 7) is 8.08. The van der Waals surface area contributed by atoms with Crippen molar-refractivity contribution in [2.45, 2.75) is 46.3 Å². The molecule has 1 unspecified atom stereocenters. The van der Waals surface area contributed by atoms with Crippen LogP contribution in [0.2, 0.25) is 0 Å². The summed E-state index contributed by atoms with van der Waals surface area (Å²) in [6.07, 6.45) is 0. The third-order valence-corrected chi connectivity index (χ3v) is 4.10. The Bertz CT molecular complexity index is 617. The quantitative estimate of drug-likeness (QED) is 0.673. The Morgan fingerprint density at radius 3 is 2.20 bits per heavy atom. The Hall–Kier alpha value is -2.28. The van der Waals surface area contributed by atoms with Crippen molar-refractivity contribution >= 4 is 11.9 Å². The second-order valence-electron chi connectivity index (χ2n) is 6.50. The summed E-state index contributed by atoms with van der Waals surface area (Å²) in [4.78, 5) is 24.9. The lowest BCUT2D eigenvalue weighted by molar-refractivity contribution is -0.908. The van der Waals surface area contributed by atoms with Crippen molar-refractivity contribution in [2.75, 3.05) is 21.3 Å². The molecule has 25 heavy (non-hydrogen) atoms. The van der Waals surface area contributed by atoms with Crippen LogP contribution in [0.5, 0.6) is 11.5 Å². The molecule has 0 aliphatic heterocycles. The lowest BCUT2D eigenvalue weighted by atomic mass is 10.1. The van der Waals surface area contributed by atoms with Crippen molar-refractivity contribution < 1.29 is 24.0 Å². The van der Waals surface area contributed by atoms with Gasteiger partial charge in [-0.25, -0.2) is 4.79 Å². The first-order chi connectivity index (χ1) is 11.7. The van der Waals surface area contributed by atoms with Gasteiger partial charge >= 0.3 is 6.03 Å². The van der Waals surface area contributed by atoms with Crippen molar-refractivity contribution in [2.24, 2.45) is 0 Å². The number of quaternary nitrogens is 1. The zero-order valence-corrected chi connectivity index (χ0v) is 16.1. The van der Waals surface area contributed by atoms with Gasteiger partial charge in [0.25, 0.3) is 5.91 Å². The maximum absolute atomic E-state index is 12.2. The first-order valence-corrected chi connectivity index (χ1v) is 8.34. The number of hydrogen-bond donors (Lipinski definition) is 3. The molecule has 3 amide bonds. The maximum atomic E-state index is 12.2. The number of aryl methyl sites for hydroxylation is 1. The topological polar surface area (TPSA) is 81.1 Å². The highest BCUT2D eigenvalue weighted by Gasteiger charge is 2.24. The SMILES string of the molecule is COc1cc(C)c(C[NH+](C)[C@H](C)C(=O)NC(=O)NC(C)C)cc1OC. The van der Waals surface area contributed by atoms with E-state index in [1.807, 2.05) is 40.0 Å². The number of benzene rings is 1. The number of likely N-dealkylation sites (N-methyl/N-ethyl adjacent to an activating group) is 1. The van der Waals surface area contributed by atoms with Gasteiger partial charge in [-0.15, -0.1) is 0 Å². The van der Waals surface area contributed by atoms with Crippen LogP contribution in [-0.2, 0) is 11.3 Å². The van der Waals surface area contributed by atoms with Crippen molar-refractivity contribution in [3.05, 3.63) is 23.3 Å². The molecular weight excluding hydrogens is 322 g/mol. The molecule has 0 bridgehead atoms. The fourth-order valence-corrected chi connectivity index (χ4v) is 2.41. The van der Waals surface area contributed by atoms with E-state index in [4.69, 9.17) is 9.47 Å². The number of carbonyl (C=O) groups excluding carboxylic acids is 2. The number of hydrogen-bond acceptors (Lipinski definition) is 4. The van der Waals surface area contributed by atoms with Gasteiger partial charge in [0.2, 0.25) is 0 Å². The van der Waals surface area contributed by atoms with Crippen LogP contribution in [0.25, 0.3) is 0 Å². The number of nitrogens with one attached hydrogen (secondary N) is 3. The number of amides is 3. The Kier molecular flexibility index (Phi) is 7.70. The Morgan fingerprint density at radius 1 is 1.12 bits per heavy atom. The Balaban J connectivity index is 2.79. The normalized spacial score (nSPS) is 13.1. The molecule has 7 heteroatoms. The number of carbonyl (C=O) groups is 2. The van der Waals surface area contributed by atoms with Crippen LogP contribution in [0.4, 0.5) is 4.79 Å². The Morgan fingerprint density at radius 2 is 1.68 bits per heavy atom. The third kappa shape index (κ3) is 5.94. The molecule has 2 atom stereocenters. The van der Waals surface area contributed by atoms with Crippen LogP contribution in [0.1, 0.15) is 31.9 Å². The molecule has 0 saturated heterocycles. The molecule has 140 valence electrons. The highest BCUT2D eigenvalue weighted by molar-refractivity contribution is 5.96. The average molecular weight is 352 g/mol. The highest BCUT2D eigenvalue weighted by atomic mass is 16.5. The minimum Gasteiger partial charge on any atom is -0.493 e. The molecule has 0 aliphatic carbocycles.